The SMILES string of the molecule is O=C1N[C@H](CO)C[C@@H]1c1ccccc1. The molecule has 0 unspecified atom stereocenters. The highest BCUT2D eigenvalue weighted by Gasteiger charge is 2.32. The third kappa shape index (κ3) is 1.63. The maximum atomic E-state index is 11.5. The smallest absolute Gasteiger partial charge is 0.227 e. The standard InChI is InChI=1S/C11H13NO2/c13-7-9-6-10(11(14)12-9)8-4-2-1-3-5-8/h1-5,9-10,13H,6-7H2,(H,12,14)/t9-,10+/m0/s1. The summed E-state index contributed by atoms with van der Waals surface area (Å²) in [5.74, 6) is -0.0661. The normalized spacial score (nSPS) is 26.2. The molecule has 2 N–H and O–H groups in total. The van der Waals surface area contributed by atoms with Gasteiger partial charge in [-0.25, -0.2) is 0 Å². The van der Waals surface area contributed by atoms with Crippen LogP contribution in [-0.2, 0) is 4.79 Å². The summed E-state index contributed by atoms with van der Waals surface area (Å²) in [5.41, 5.74) is 1.03. The number of aliphatic hydroxyl groups excluding tert-OH is 1. The summed E-state index contributed by atoms with van der Waals surface area (Å²) in [6.07, 6.45) is 0.694. The average molecular weight is 191 g/mol. The fourth-order valence-electron chi connectivity index (χ4n) is 1.85. The first-order valence-corrected chi connectivity index (χ1v) is 4.77. The minimum atomic E-state index is -0.0895. The monoisotopic (exact) mass is 191 g/mol. The summed E-state index contributed by atoms with van der Waals surface area (Å²) < 4.78 is 0. The van der Waals surface area contributed by atoms with E-state index in [1.54, 1.807) is 0 Å². The average Bonchev–Trinajstić information content (AvgIpc) is 2.61. The molecule has 2 rings (SSSR count). The molecule has 14 heavy (non-hydrogen) atoms. The van der Waals surface area contributed by atoms with Gasteiger partial charge in [0.1, 0.15) is 0 Å². The van der Waals surface area contributed by atoms with Crippen LogP contribution in [-0.4, -0.2) is 23.7 Å². The van der Waals surface area contributed by atoms with E-state index in [-0.39, 0.29) is 24.5 Å². The fraction of sp³-hybridized carbons (Fsp3) is 0.364. The number of hydrogen-bond acceptors (Lipinski definition) is 2. The van der Waals surface area contributed by atoms with Gasteiger partial charge in [-0.2, -0.15) is 0 Å². The number of rotatable bonds is 2. The molecule has 74 valence electrons. The molecule has 0 bridgehead atoms. The Morgan fingerprint density at radius 3 is 2.64 bits per heavy atom. The van der Waals surface area contributed by atoms with Gasteiger partial charge in [-0.1, -0.05) is 30.3 Å². The van der Waals surface area contributed by atoms with Crippen LogP contribution in [0.2, 0.25) is 0 Å². The van der Waals surface area contributed by atoms with Crippen molar-refractivity contribution in [2.75, 3.05) is 6.61 Å². The van der Waals surface area contributed by atoms with Crippen LogP contribution in [0.4, 0.5) is 0 Å². The van der Waals surface area contributed by atoms with Crippen molar-refractivity contribution >= 4 is 5.91 Å². The van der Waals surface area contributed by atoms with E-state index < -0.39 is 0 Å². The first-order chi connectivity index (χ1) is 6.81. The molecule has 2 atom stereocenters. The van der Waals surface area contributed by atoms with E-state index in [4.69, 9.17) is 5.11 Å². The highest BCUT2D eigenvalue weighted by Crippen LogP contribution is 2.26. The van der Waals surface area contributed by atoms with Crippen molar-refractivity contribution in [1.29, 1.82) is 0 Å². The van der Waals surface area contributed by atoms with Crippen molar-refractivity contribution in [3.8, 4) is 0 Å². The largest absolute Gasteiger partial charge is 0.394 e. The predicted molar refractivity (Wildman–Crippen MR) is 52.8 cm³/mol. The topological polar surface area (TPSA) is 49.3 Å². The Balaban J connectivity index is 2.17. The van der Waals surface area contributed by atoms with Crippen LogP contribution in [0, 0.1) is 0 Å². The Kier molecular flexibility index (Phi) is 2.50. The Bertz CT molecular complexity index is 323. The van der Waals surface area contributed by atoms with Gasteiger partial charge in [-0.3, -0.25) is 4.79 Å². The fourth-order valence-corrected chi connectivity index (χ4v) is 1.85. The number of nitrogens with one attached hydrogen (secondary N) is 1. The third-order valence-electron chi connectivity index (χ3n) is 2.61. The van der Waals surface area contributed by atoms with Crippen LogP contribution in [0.15, 0.2) is 30.3 Å². The molecule has 0 spiro atoms. The van der Waals surface area contributed by atoms with Gasteiger partial charge in [-0.05, 0) is 12.0 Å². The molecule has 1 aliphatic heterocycles. The van der Waals surface area contributed by atoms with E-state index >= 15 is 0 Å². The molecule has 1 heterocycles. The number of amides is 1. The molecule has 0 aromatic heterocycles. The van der Waals surface area contributed by atoms with Crippen LogP contribution < -0.4 is 5.32 Å². The summed E-state index contributed by atoms with van der Waals surface area (Å²) in [5, 5.41) is 11.7. The van der Waals surface area contributed by atoms with Crippen molar-refractivity contribution in [1.82, 2.24) is 5.32 Å². The summed E-state index contributed by atoms with van der Waals surface area (Å²) in [4.78, 5) is 11.5. The molecule has 0 radical (unpaired) electrons. The molecular weight excluding hydrogens is 178 g/mol. The van der Waals surface area contributed by atoms with Gasteiger partial charge in [0.15, 0.2) is 0 Å². The highest BCUT2D eigenvalue weighted by atomic mass is 16.3. The van der Waals surface area contributed by atoms with E-state index in [1.807, 2.05) is 30.3 Å². The second-order valence-corrected chi connectivity index (χ2v) is 3.59. The number of benzene rings is 1. The molecule has 1 aromatic rings. The zero-order valence-corrected chi connectivity index (χ0v) is 7.81. The van der Waals surface area contributed by atoms with Crippen LogP contribution in [0.1, 0.15) is 17.9 Å². The Morgan fingerprint density at radius 2 is 2.07 bits per heavy atom. The van der Waals surface area contributed by atoms with Gasteiger partial charge in [0.05, 0.1) is 18.6 Å². The molecule has 3 heteroatoms. The minimum Gasteiger partial charge on any atom is -0.394 e. The lowest BCUT2D eigenvalue weighted by molar-refractivity contribution is -0.120. The number of aliphatic hydroxyl groups is 1. The molecule has 1 aromatic carbocycles. The Morgan fingerprint density at radius 1 is 1.36 bits per heavy atom. The Labute approximate surface area is 82.8 Å². The van der Waals surface area contributed by atoms with Gasteiger partial charge in [0, 0.05) is 0 Å². The summed E-state index contributed by atoms with van der Waals surface area (Å²) >= 11 is 0. The minimum absolute atomic E-state index is 0.0229. The molecule has 1 aliphatic rings. The van der Waals surface area contributed by atoms with Gasteiger partial charge < -0.3 is 10.4 Å². The van der Waals surface area contributed by atoms with E-state index in [0.29, 0.717) is 6.42 Å². The van der Waals surface area contributed by atoms with Crippen molar-refractivity contribution in [3.05, 3.63) is 35.9 Å². The highest BCUT2D eigenvalue weighted by molar-refractivity contribution is 5.86. The van der Waals surface area contributed by atoms with Gasteiger partial charge in [-0.15, -0.1) is 0 Å². The summed E-state index contributed by atoms with van der Waals surface area (Å²) in [6.45, 7) is 0.0229. The van der Waals surface area contributed by atoms with E-state index in [1.165, 1.54) is 0 Å². The first kappa shape index (κ1) is 9.21. The molecule has 0 aliphatic carbocycles. The van der Waals surface area contributed by atoms with Crippen LogP contribution >= 0.6 is 0 Å². The first-order valence-electron chi connectivity index (χ1n) is 4.77. The second kappa shape index (κ2) is 3.80. The quantitative estimate of drug-likeness (QED) is 0.721. The van der Waals surface area contributed by atoms with Gasteiger partial charge in [0.25, 0.3) is 0 Å². The van der Waals surface area contributed by atoms with Crippen LogP contribution in [0.5, 0.6) is 0 Å². The number of hydrogen-bond donors (Lipinski definition) is 2. The van der Waals surface area contributed by atoms with Crippen molar-refractivity contribution < 1.29 is 9.90 Å². The molecular formula is C11H13NO2. The number of carbonyl (C=O) groups is 1. The lowest BCUT2D eigenvalue weighted by atomic mass is 9.96. The van der Waals surface area contributed by atoms with E-state index in [0.717, 1.165) is 5.56 Å². The second-order valence-electron chi connectivity index (χ2n) is 3.59. The molecule has 3 nitrogen and oxygen atoms in total. The predicted octanol–water partition coefficient (Wildman–Crippen LogP) is 0.651. The zero-order chi connectivity index (χ0) is 9.97. The van der Waals surface area contributed by atoms with Crippen molar-refractivity contribution in [2.24, 2.45) is 0 Å². The van der Waals surface area contributed by atoms with Crippen molar-refractivity contribution in [3.63, 3.8) is 0 Å². The summed E-state index contributed by atoms with van der Waals surface area (Å²) in [7, 11) is 0. The third-order valence-corrected chi connectivity index (χ3v) is 2.61. The van der Waals surface area contributed by atoms with Gasteiger partial charge >= 0.3 is 0 Å². The number of carbonyl (C=O) groups excluding carboxylic acids is 1. The zero-order valence-electron chi connectivity index (χ0n) is 7.81. The lowest BCUT2D eigenvalue weighted by Gasteiger charge is -2.06. The molecule has 0 saturated carbocycles. The lowest BCUT2D eigenvalue weighted by Crippen LogP contribution is -2.28. The summed E-state index contributed by atoms with van der Waals surface area (Å²) in [6, 6.07) is 9.60. The Hall–Kier alpha value is -1.35. The maximum absolute atomic E-state index is 11.5. The van der Waals surface area contributed by atoms with Gasteiger partial charge in [0.2, 0.25) is 5.91 Å². The maximum Gasteiger partial charge on any atom is 0.227 e. The molecule has 1 saturated heterocycles. The van der Waals surface area contributed by atoms with Crippen LogP contribution in [0.3, 0.4) is 0 Å². The van der Waals surface area contributed by atoms with Crippen LogP contribution in [0.25, 0.3) is 0 Å². The molecule has 1 amide bonds. The van der Waals surface area contributed by atoms with E-state index in [2.05, 4.69) is 5.32 Å². The van der Waals surface area contributed by atoms with Crippen molar-refractivity contribution in [2.45, 2.75) is 18.4 Å². The molecule has 1 fully saturated rings. The van der Waals surface area contributed by atoms with E-state index in [9.17, 15) is 4.79 Å².